The van der Waals surface area contributed by atoms with Crippen LogP contribution >= 0.6 is 34.8 Å². The second-order valence-corrected chi connectivity index (χ2v) is 5.19. The van der Waals surface area contributed by atoms with E-state index in [9.17, 15) is 0 Å². The summed E-state index contributed by atoms with van der Waals surface area (Å²) in [5.74, 6) is 0.535. The minimum atomic E-state index is 0.323. The van der Waals surface area contributed by atoms with Crippen LogP contribution < -0.4 is 4.74 Å². The van der Waals surface area contributed by atoms with Crippen molar-refractivity contribution < 1.29 is 9.94 Å². The van der Waals surface area contributed by atoms with Gasteiger partial charge in [-0.3, -0.25) is 0 Å². The largest absolute Gasteiger partial charge is 0.487 e. The summed E-state index contributed by atoms with van der Waals surface area (Å²) in [6, 6.07) is 10.4. The lowest BCUT2D eigenvalue weighted by atomic mass is 10.2. The van der Waals surface area contributed by atoms with Crippen molar-refractivity contribution in [3.05, 3.63) is 62.6 Å². The number of hydrogen-bond donors (Lipinski definition) is 1. The van der Waals surface area contributed by atoms with E-state index in [1.165, 1.54) is 6.21 Å². The summed E-state index contributed by atoms with van der Waals surface area (Å²) in [5, 5.41) is 12.8. The van der Waals surface area contributed by atoms with Crippen molar-refractivity contribution in [2.75, 3.05) is 0 Å². The number of rotatable bonds is 4. The Hall–Kier alpha value is -1.42. The quantitative estimate of drug-likeness (QED) is 0.485. The van der Waals surface area contributed by atoms with Crippen molar-refractivity contribution >= 4 is 41.0 Å². The summed E-state index contributed by atoms with van der Waals surface area (Å²) in [7, 11) is 0. The van der Waals surface area contributed by atoms with Gasteiger partial charge in [0.1, 0.15) is 12.4 Å². The number of nitrogens with zero attached hydrogens (tertiary/aromatic N) is 1. The average Bonchev–Trinajstić information content (AvgIpc) is 2.42. The summed E-state index contributed by atoms with van der Waals surface area (Å²) in [5.41, 5.74) is 1.57. The molecule has 6 heteroatoms. The zero-order chi connectivity index (χ0) is 14.5. The molecule has 0 spiro atoms. The van der Waals surface area contributed by atoms with Crippen LogP contribution in [-0.4, -0.2) is 11.4 Å². The van der Waals surface area contributed by atoms with Gasteiger partial charge in [-0.1, -0.05) is 46.0 Å². The van der Waals surface area contributed by atoms with Gasteiger partial charge in [0.15, 0.2) is 0 Å². The molecule has 1 N–H and O–H groups in total. The first-order chi connectivity index (χ1) is 9.60. The molecule has 0 saturated carbocycles. The van der Waals surface area contributed by atoms with E-state index in [4.69, 9.17) is 44.7 Å². The average molecular weight is 331 g/mol. The van der Waals surface area contributed by atoms with Crippen molar-refractivity contribution in [1.29, 1.82) is 0 Å². The van der Waals surface area contributed by atoms with Crippen LogP contribution in [0.25, 0.3) is 0 Å². The highest BCUT2D eigenvalue weighted by Gasteiger charge is 2.04. The molecule has 2 aromatic rings. The van der Waals surface area contributed by atoms with E-state index in [1.54, 1.807) is 30.3 Å². The van der Waals surface area contributed by atoms with E-state index >= 15 is 0 Å². The molecular weight excluding hydrogens is 321 g/mol. The third kappa shape index (κ3) is 3.79. The first-order valence-corrected chi connectivity index (χ1v) is 6.77. The first-order valence-electron chi connectivity index (χ1n) is 5.64. The lowest BCUT2D eigenvalue weighted by molar-refractivity contribution is 0.306. The van der Waals surface area contributed by atoms with Gasteiger partial charge in [0, 0.05) is 0 Å². The van der Waals surface area contributed by atoms with Crippen molar-refractivity contribution in [3.8, 4) is 5.75 Å². The van der Waals surface area contributed by atoms with E-state index in [1.807, 2.05) is 6.07 Å². The molecular formula is C14H10Cl3NO2. The summed E-state index contributed by atoms with van der Waals surface area (Å²) >= 11 is 17.8. The molecule has 0 heterocycles. The van der Waals surface area contributed by atoms with E-state index in [2.05, 4.69) is 5.16 Å². The molecule has 0 amide bonds. The van der Waals surface area contributed by atoms with Crippen LogP contribution in [-0.2, 0) is 6.61 Å². The van der Waals surface area contributed by atoms with E-state index in [-0.39, 0.29) is 0 Å². The molecule has 3 nitrogen and oxygen atoms in total. The summed E-state index contributed by atoms with van der Waals surface area (Å²) in [6.45, 7) is 0.323. The van der Waals surface area contributed by atoms with E-state index < -0.39 is 0 Å². The summed E-state index contributed by atoms with van der Waals surface area (Å²) in [6.07, 6.45) is 1.29. The lowest BCUT2D eigenvalue weighted by Crippen LogP contribution is -1.96. The van der Waals surface area contributed by atoms with Gasteiger partial charge in [0.25, 0.3) is 0 Å². The minimum absolute atomic E-state index is 0.323. The van der Waals surface area contributed by atoms with Crippen molar-refractivity contribution in [2.45, 2.75) is 6.61 Å². The SMILES string of the molecule is O/N=C/c1ccc(OCc2ccc(Cl)c(Cl)c2)c(Cl)c1. The van der Waals surface area contributed by atoms with Gasteiger partial charge in [-0.25, -0.2) is 0 Å². The molecule has 20 heavy (non-hydrogen) atoms. The Morgan fingerprint density at radius 1 is 1.00 bits per heavy atom. The van der Waals surface area contributed by atoms with E-state index in [0.717, 1.165) is 5.56 Å². The molecule has 104 valence electrons. The molecule has 0 aliphatic rings. The third-order valence-corrected chi connectivity index (χ3v) is 3.58. The van der Waals surface area contributed by atoms with Crippen molar-refractivity contribution in [2.24, 2.45) is 5.16 Å². The summed E-state index contributed by atoms with van der Waals surface area (Å²) in [4.78, 5) is 0. The first kappa shape index (κ1) is 15.0. The molecule has 0 bridgehead atoms. The van der Waals surface area contributed by atoms with Crippen molar-refractivity contribution in [3.63, 3.8) is 0 Å². The van der Waals surface area contributed by atoms with Gasteiger partial charge < -0.3 is 9.94 Å². The monoisotopic (exact) mass is 329 g/mol. The molecule has 2 rings (SSSR count). The molecule has 0 aromatic heterocycles. The fourth-order valence-corrected chi connectivity index (χ4v) is 2.14. The number of oxime groups is 1. The van der Waals surface area contributed by atoms with Crippen LogP contribution in [0.5, 0.6) is 5.75 Å². The fraction of sp³-hybridized carbons (Fsp3) is 0.0714. The van der Waals surface area contributed by atoms with Gasteiger partial charge in [-0.2, -0.15) is 0 Å². The van der Waals surface area contributed by atoms with Crippen LogP contribution in [0.3, 0.4) is 0 Å². The molecule has 0 atom stereocenters. The maximum Gasteiger partial charge on any atom is 0.138 e. The highest BCUT2D eigenvalue weighted by atomic mass is 35.5. The Bertz CT molecular complexity index is 644. The number of ether oxygens (including phenoxy) is 1. The highest BCUT2D eigenvalue weighted by molar-refractivity contribution is 6.42. The molecule has 0 aliphatic carbocycles. The van der Waals surface area contributed by atoms with Crippen molar-refractivity contribution in [1.82, 2.24) is 0 Å². The third-order valence-electron chi connectivity index (χ3n) is 2.54. The van der Waals surface area contributed by atoms with Crippen LogP contribution in [0.2, 0.25) is 15.1 Å². The Morgan fingerprint density at radius 2 is 1.80 bits per heavy atom. The molecule has 0 unspecified atom stereocenters. The maximum atomic E-state index is 8.45. The Labute approximate surface area is 131 Å². The second-order valence-electron chi connectivity index (χ2n) is 3.97. The zero-order valence-electron chi connectivity index (χ0n) is 10.2. The topological polar surface area (TPSA) is 41.8 Å². The molecule has 0 fully saturated rings. The van der Waals surface area contributed by atoms with Crippen LogP contribution in [0.1, 0.15) is 11.1 Å². The molecule has 2 aromatic carbocycles. The normalized spacial score (nSPS) is 10.9. The van der Waals surface area contributed by atoms with Gasteiger partial charge >= 0.3 is 0 Å². The Balaban J connectivity index is 2.08. The van der Waals surface area contributed by atoms with Gasteiger partial charge in [0.05, 0.1) is 21.3 Å². The molecule has 0 aliphatic heterocycles. The van der Waals surface area contributed by atoms with Crippen LogP contribution in [0, 0.1) is 0 Å². The highest BCUT2D eigenvalue weighted by Crippen LogP contribution is 2.27. The van der Waals surface area contributed by atoms with E-state index in [0.29, 0.717) is 33.0 Å². The van der Waals surface area contributed by atoms with Crippen LogP contribution in [0.4, 0.5) is 0 Å². The van der Waals surface area contributed by atoms with Gasteiger partial charge in [0.2, 0.25) is 0 Å². The van der Waals surface area contributed by atoms with Gasteiger partial charge in [-0.15, -0.1) is 0 Å². The number of halogens is 3. The zero-order valence-corrected chi connectivity index (χ0v) is 12.5. The standard InChI is InChI=1S/C14H10Cl3NO2/c15-11-3-1-10(6-12(11)16)8-20-14-4-2-9(7-18-19)5-13(14)17/h1-7,19H,8H2/b18-7+. The molecule has 0 saturated heterocycles. The second kappa shape index (κ2) is 6.84. The Morgan fingerprint density at radius 3 is 2.45 bits per heavy atom. The minimum Gasteiger partial charge on any atom is -0.487 e. The molecule has 0 radical (unpaired) electrons. The Kier molecular flexibility index (Phi) is 5.12. The number of benzene rings is 2. The van der Waals surface area contributed by atoms with Gasteiger partial charge in [-0.05, 0) is 41.5 Å². The summed E-state index contributed by atoms with van der Waals surface area (Å²) < 4.78 is 5.61. The maximum absolute atomic E-state index is 8.45. The lowest BCUT2D eigenvalue weighted by Gasteiger charge is -2.09. The van der Waals surface area contributed by atoms with Crippen LogP contribution in [0.15, 0.2) is 41.6 Å². The predicted octanol–water partition coefficient (Wildman–Crippen LogP) is 5.03. The number of hydrogen-bond acceptors (Lipinski definition) is 3. The smallest absolute Gasteiger partial charge is 0.138 e. The fourth-order valence-electron chi connectivity index (χ4n) is 1.57. The predicted molar refractivity (Wildman–Crippen MR) is 81.6 cm³/mol.